The zero-order valence-electron chi connectivity index (χ0n) is 20.9. The minimum atomic E-state index is -0.773. The van der Waals surface area contributed by atoms with Crippen LogP contribution in [0.25, 0.3) is 11.0 Å². The number of carbonyl (C=O) groups is 2. The topological polar surface area (TPSA) is 98.6 Å². The lowest BCUT2D eigenvalue weighted by Gasteiger charge is -2.33. The summed E-state index contributed by atoms with van der Waals surface area (Å²) in [6.07, 6.45) is 5.33. The highest BCUT2D eigenvalue weighted by atomic mass is 32.1. The van der Waals surface area contributed by atoms with Gasteiger partial charge in [-0.1, -0.05) is 48.7 Å². The molecule has 1 atom stereocenters. The van der Waals surface area contributed by atoms with Crippen LogP contribution in [0.2, 0.25) is 0 Å². The van der Waals surface area contributed by atoms with E-state index in [2.05, 4.69) is 15.6 Å². The van der Waals surface area contributed by atoms with Crippen molar-refractivity contribution in [3.05, 3.63) is 70.4 Å². The third kappa shape index (κ3) is 5.08. The normalized spacial score (nSPS) is 15.9. The fourth-order valence-electron chi connectivity index (χ4n) is 5.21. The molecule has 196 valence electrons. The molecule has 6 rings (SSSR count). The Hall–Kier alpha value is -3.92. The average Bonchev–Trinajstić information content (AvgIpc) is 3.71. The summed E-state index contributed by atoms with van der Waals surface area (Å²) in [6.45, 7) is 0.356. The Morgan fingerprint density at radius 2 is 1.89 bits per heavy atom. The Kier molecular flexibility index (Phi) is 6.96. The Balaban J connectivity index is 1.34. The van der Waals surface area contributed by atoms with Crippen molar-refractivity contribution in [2.24, 2.45) is 0 Å². The molecular formula is C28H29N5O4S. The van der Waals surface area contributed by atoms with E-state index in [1.54, 1.807) is 9.58 Å². The number of ether oxygens (including phenoxy) is 2. The molecule has 9 nitrogen and oxygen atoms in total. The summed E-state index contributed by atoms with van der Waals surface area (Å²) in [5.41, 5.74) is 2.33. The minimum Gasteiger partial charge on any atom is -0.454 e. The fraction of sp³-hybridized carbons (Fsp3) is 0.357. The van der Waals surface area contributed by atoms with Gasteiger partial charge in [-0.25, -0.2) is 4.68 Å². The number of carbonyl (C=O) groups excluding carboxylic acids is 2. The van der Waals surface area contributed by atoms with Gasteiger partial charge in [-0.05, 0) is 54.1 Å². The van der Waals surface area contributed by atoms with E-state index in [1.807, 2.05) is 60.0 Å². The predicted octanol–water partition coefficient (Wildman–Crippen LogP) is 4.44. The van der Waals surface area contributed by atoms with Crippen LogP contribution in [0, 0.1) is 0 Å². The molecule has 1 aliphatic carbocycles. The van der Waals surface area contributed by atoms with Gasteiger partial charge < -0.3 is 19.7 Å². The molecule has 1 N–H and O–H groups in total. The molecule has 38 heavy (non-hydrogen) atoms. The number of aromatic nitrogens is 3. The summed E-state index contributed by atoms with van der Waals surface area (Å²) in [5, 5.41) is 13.6. The number of para-hydroxylation sites is 1. The van der Waals surface area contributed by atoms with Crippen LogP contribution < -0.4 is 14.8 Å². The maximum absolute atomic E-state index is 14.0. The zero-order valence-corrected chi connectivity index (χ0v) is 21.7. The van der Waals surface area contributed by atoms with Crippen molar-refractivity contribution < 1.29 is 19.1 Å². The molecule has 1 fully saturated rings. The van der Waals surface area contributed by atoms with Crippen LogP contribution >= 0.6 is 11.3 Å². The van der Waals surface area contributed by atoms with Crippen molar-refractivity contribution in [3.8, 4) is 11.5 Å². The van der Waals surface area contributed by atoms with Gasteiger partial charge in [0.2, 0.25) is 18.6 Å². The van der Waals surface area contributed by atoms with Crippen LogP contribution in [-0.2, 0) is 22.7 Å². The van der Waals surface area contributed by atoms with Gasteiger partial charge in [0.25, 0.3) is 0 Å². The third-order valence-corrected chi connectivity index (χ3v) is 8.06. The Labute approximate surface area is 224 Å². The standard InChI is InChI=1S/C28H29N5O4S/c34-26(17-33-22-10-5-4-9-21(22)30-31-33)32(16-19-12-13-23-24(15-19)37-18-36-23)27(25-11-6-14-38-25)28(35)29-20-7-2-1-3-8-20/h4-6,9-15,20,27H,1-3,7-8,16-18H2,(H,29,35)/t27-/m1/s1. The number of hydrogen-bond donors (Lipinski definition) is 1. The van der Waals surface area contributed by atoms with E-state index < -0.39 is 6.04 Å². The first-order valence-electron chi connectivity index (χ1n) is 13.0. The summed E-state index contributed by atoms with van der Waals surface area (Å²) >= 11 is 1.47. The van der Waals surface area contributed by atoms with Gasteiger partial charge in [-0.3, -0.25) is 9.59 Å². The first-order valence-corrected chi connectivity index (χ1v) is 13.8. The highest BCUT2D eigenvalue weighted by molar-refractivity contribution is 7.10. The van der Waals surface area contributed by atoms with E-state index in [9.17, 15) is 9.59 Å². The molecular weight excluding hydrogens is 502 g/mol. The first-order chi connectivity index (χ1) is 18.7. The first kappa shape index (κ1) is 24.4. The number of rotatable bonds is 8. The molecule has 2 amide bonds. The van der Waals surface area contributed by atoms with E-state index in [0.29, 0.717) is 17.0 Å². The van der Waals surface area contributed by atoms with Crippen molar-refractivity contribution >= 4 is 34.2 Å². The largest absolute Gasteiger partial charge is 0.454 e. The summed E-state index contributed by atoms with van der Waals surface area (Å²) in [4.78, 5) is 30.4. The molecule has 1 aliphatic heterocycles. The van der Waals surface area contributed by atoms with Crippen LogP contribution in [0.4, 0.5) is 0 Å². The summed E-state index contributed by atoms with van der Waals surface area (Å²) < 4.78 is 12.6. The van der Waals surface area contributed by atoms with Crippen LogP contribution in [0.3, 0.4) is 0 Å². The quantitative estimate of drug-likeness (QED) is 0.361. The molecule has 0 bridgehead atoms. The van der Waals surface area contributed by atoms with Gasteiger partial charge in [0.05, 0.1) is 5.52 Å². The molecule has 4 aromatic rings. The number of amides is 2. The molecule has 0 saturated heterocycles. The van der Waals surface area contributed by atoms with E-state index in [0.717, 1.165) is 41.6 Å². The number of benzene rings is 2. The Morgan fingerprint density at radius 3 is 2.74 bits per heavy atom. The smallest absolute Gasteiger partial charge is 0.248 e. The maximum Gasteiger partial charge on any atom is 0.248 e. The van der Waals surface area contributed by atoms with Crippen molar-refractivity contribution in [2.45, 2.75) is 57.3 Å². The molecule has 3 heterocycles. The number of nitrogens with one attached hydrogen (secondary N) is 1. The highest BCUT2D eigenvalue weighted by Gasteiger charge is 2.34. The predicted molar refractivity (Wildman–Crippen MR) is 143 cm³/mol. The Bertz CT molecular complexity index is 1430. The highest BCUT2D eigenvalue weighted by Crippen LogP contribution is 2.34. The van der Waals surface area contributed by atoms with E-state index in [1.165, 1.54) is 17.8 Å². The maximum atomic E-state index is 14.0. The van der Waals surface area contributed by atoms with E-state index in [-0.39, 0.29) is 37.7 Å². The molecule has 2 aromatic carbocycles. The SMILES string of the molecule is O=C(NC1CCCCC1)[C@@H](c1cccs1)N(Cc1ccc2c(c1)OCO2)C(=O)Cn1nnc2ccccc21. The van der Waals surface area contributed by atoms with E-state index in [4.69, 9.17) is 9.47 Å². The Morgan fingerprint density at radius 1 is 1.05 bits per heavy atom. The van der Waals surface area contributed by atoms with Crippen molar-refractivity contribution in [2.75, 3.05) is 6.79 Å². The average molecular weight is 532 g/mol. The van der Waals surface area contributed by atoms with Gasteiger partial charge in [0.15, 0.2) is 11.5 Å². The second-order valence-corrected chi connectivity index (χ2v) is 10.7. The lowest BCUT2D eigenvalue weighted by Crippen LogP contribution is -2.47. The van der Waals surface area contributed by atoms with Crippen LogP contribution in [0.15, 0.2) is 60.0 Å². The van der Waals surface area contributed by atoms with Gasteiger partial charge in [0, 0.05) is 17.5 Å². The molecule has 2 aromatic heterocycles. The van der Waals surface area contributed by atoms with E-state index >= 15 is 0 Å². The number of fused-ring (bicyclic) bond motifs is 2. The molecule has 0 radical (unpaired) electrons. The molecule has 2 aliphatic rings. The summed E-state index contributed by atoms with van der Waals surface area (Å²) in [6, 6.07) is 16.3. The molecule has 0 unspecified atom stereocenters. The van der Waals surface area contributed by atoms with Crippen molar-refractivity contribution in [1.29, 1.82) is 0 Å². The van der Waals surface area contributed by atoms with Gasteiger partial charge in [0.1, 0.15) is 18.1 Å². The molecule has 0 spiro atoms. The van der Waals surface area contributed by atoms with Gasteiger partial charge >= 0.3 is 0 Å². The molecule has 1 saturated carbocycles. The second kappa shape index (κ2) is 10.8. The van der Waals surface area contributed by atoms with Crippen molar-refractivity contribution in [1.82, 2.24) is 25.2 Å². The van der Waals surface area contributed by atoms with Gasteiger partial charge in [-0.2, -0.15) is 0 Å². The monoisotopic (exact) mass is 531 g/mol. The van der Waals surface area contributed by atoms with Crippen LogP contribution in [0.1, 0.15) is 48.6 Å². The number of nitrogens with zero attached hydrogens (tertiary/aromatic N) is 4. The number of hydrogen-bond acceptors (Lipinski definition) is 7. The van der Waals surface area contributed by atoms with Crippen LogP contribution in [0.5, 0.6) is 11.5 Å². The summed E-state index contributed by atoms with van der Waals surface area (Å²) in [5.74, 6) is 0.925. The number of thiophene rings is 1. The zero-order chi connectivity index (χ0) is 25.9. The van der Waals surface area contributed by atoms with Crippen LogP contribution in [-0.4, -0.2) is 44.5 Å². The summed E-state index contributed by atoms with van der Waals surface area (Å²) in [7, 11) is 0. The van der Waals surface area contributed by atoms with Crippen molar-refractivity contribution in [3.63, 3.8) is 0 Å². The lowest BCUT2D eigenvalue weighted by molar-refractivity contribution is -0.142. The van der Waals surface area contributed by atoms with Gasteiger partial charge in [-0.15, -0.1) is 16.4 Å². The minimum absolute atomic E-state index is 0.0380. The lowest BCUT2D eigenvalue weighted by atomic mass is 9.95. The molecule has 10 heteroatoms. The third-order valence-electron chi connectivity index (χ3n) is 7.14. The second-order valence-electron chi connectivity index (χ2n) is 9.71. The fourth-order valence-corrected chi connectivity index (χ4v) is 6.05.